The monoisotopic (exact) mass is 361 g/mol. The number of esters is 1. The van der Waals surface area contributed by atoms with Gasteiger partial charge in [0, 0.05) is 38.4 Å². The van der Waals surface area contributed by atoms with Crippen LogP contribution >= 0.6 is 0 Å². The molecule has 2 amide bonds. The number of benzene rings is 1. The second-order valence-electron chi connectivity index (χ2n) is 6.54. The Bertz CT molecular complexity index is 635. The fourth-order valence-electron chi connectivity index (χ4n) is 2.90. The SMILES string of the molecule is CCOC(=O)C1CCN(C(=O)CNc2ccc(C(=O)N(C)C)cc2)CC1. The number of nitrogens with one attached hydrogen (secondary N) is 1. The smallest absolute Gasteiger partial charge is 0.309 e. The molecule has 7 heteroatoms. The zero-order chi connectivity index (χ0) is 19.1. The van der Waals surface area contributed by atoms with E-state index in [9.17, 15) is 14.4 Å². The number of hydrogen-bond acceptors (Lipinski definition) is 5. The predicted molar refractivity (Wildman–Crippen MR) is 98.9 cm³/mol. The number of carbonyl (C=O) groups is 3. The number of anilines is 1. The molecule has 1 aromatic carbocycles. The van der Waals surface area contributed by atoms with Crippen LogP contribution in [0.5, 0.6) is 0 Å². The standard InChI is InChI=1S/C19H27N3O4/c1-4-26-19(25)15-9-11-22(12-10-15)17(23)13-20-16-7-5-14(6-8-16)18(24)21(2)3/h5-8,15,20H,4,9-13H2,1-3H3. The molecule has 7 nitrogen and oxygen atoms in total. The maximum atomic E-state index is 12.3. The van der Waals surface area contributed by atoms with Gasteiger partial charge in [-0.2, -0.15) is 0 Å². The molecule has 1 aromatic rings. The summed E-state index contributed by atoms with van der Waals surface area (Å²) in [4.78, 5) is 39.2. The molecule has 1 heterocycles. The van der Waals surface area contributed by atoms with Gasteiger partial charge in [0.15, 0.2) is 0 Å². The van der Waals surface area contributed by atoms with Gasteiger partial charge >= 0.3 is 5.97 Å². The molecule has 0 bridgehead atoms. The van der Waals surface area contributed by atoms with Crippen LogP contribution < -0.4 is 5.32 Å². The highest BCUT2D eigenvalue weighted by Gasteiger charge is 2.27. The molecule has 1 aliphatic heterocycles. The molecule has 142 valence electrons. The van der Waals surface area contributed by atoms with E-state index in [1.165, 1.54) is 4.90 Å². The van der Waals surface area contributed by atoms with Crippen molar-refractivity contribution in [3.8, 4) is 0 Å². The average molecular weight is 361 g/mol. The first kappa shape index (κ1) is 19.8. The summed E-state index contributed by atoms with van der Waals surface area (Å²) in [5.41, 5.74) is 1.39. The maximum Gasteiger partial charge on any atom is 0.309 e. The minimum absolute atomic E-state index is 0.000698. The van der Waals surface area contributed by atoms with Gasteiger partial charge in [0.1, 0.15) is 0 Å². The molecule has 26 heavy (non-hydrogen) atoms. The molecule has 0 aliphatic carbocycles. The highest BCUT2D eigenvalue weighted by Crippen LogP contribution is 2.19. The van der Waals surface area contributed by atoms with E-state index < -0.39 is 0 Å². The second kappa shape index (κ2) is 9.22. The van der Waals surface area contributed by atoms with Crippen LogP contribution in [0, 0.1) is 5.92 Å². The number of nitrogens with zero attached hydrogens (tertiary/aromatic N) is 2. The van der Waals surface area contributed by atoms with Gasteiger partial charge in [-0.15, -0.1) is 0 Å². The van der Waals surface area contributed by atoms with Crippen LogP contribution in [0.15, 0.2) is 24.3 Å². The molecule has 2 rings (SSSR count). The normalized spacial score (nSPS) is 14.7. The Morgan fingerprint density at radius 2 is 1.77 bits per heavy atom. The molecule has 0 atom stereocenters. The van der Waals surface area contributed by atoms with Crippen LogP contribution in [0.25, 0.3) is 0 Å². The summed E-state index contributed by atoms with van der Waals surface area (Å²) < 4.78 is 5.04. The van der Waals surface area contributed by atoms with Crippen LogP contribution in [0.4, 0.5) is 5.69 Å². The zero-order valence-electron chi connectivity index (χ0n) is 15.7. The first-order valence-corrected chi connectivity index (χ1v) is 8.92. The van der Waals surface area contributed by atoms with E-state index in [0.717, 1.165) is 5.69 Å². The Hall–Kier alpha value is -2.57. The molecular formula is C19H27N3O4. The summed E-state index contributed by atoms with van der Waals surface area (Å²) in [5.74, 6) is -0.323. The summed E-state index contributed by atoms with van der Waals surface area (Å²) in [6.45, 7) is 3.51. The molecule has 0 spiro atoms. The third-order valence-corrected chi connectivity index (χ3v) is 4.45. The van der Waals surface area contributed by atoms with Gasteiger partial charge in [-0.05, 0) is 44.0 Å². The lowest BCUT2D eigenvalue weighted by Crippen LogP contribution is -2.43. The third-order valence-electron chi connectivity index (χ3n) is 4.45. The lowest BCUT2D eigenvalue weighted by molar-refractivity contribution is -0.151. The van der Waals surface area contributed by atoms with E-state index in [2.05, 4.69) is 5.32 Å². The van der Waals surface area contributed by atoms with Crippen LogP contribution in [-0.2, 0) is 14.3 Å². The van der Waals surface area contributed by atoms with Crippen LogP contribution in [0.2, 0.25) is 0 Å². The fraction of sp³-hybridized carbons (Fsp3) is 0.526. The van der Waals surface area contributed by atoms with Crippen molar-refractivity contribution in [2.24, 2.45) is 5.92 Å². The third kappa shape index (κ3) is 5.21. The van der Waals surface area contributed by atoms with Crippen molar-refractivity contribution in [1.29, 1.82) is 0 Å². The van der Waals surface area contributed by atoms with E-state index in [1.54, 1.807) is 50.2 Å². The van der Waals surface area contributed by atoms with Crippen molar-refractivity contribution in [3.63, 3.8) is 0 Å². The lowest BCUT2D eigenvalue weighted by Gasteiger charge is -2.31. The van der Waals surface area contributed by atoms with E-state index >= 15 is 0 Å². The molecule has 0 radical (unpaired) electrons. The van der Waals surface area contributed by atoms with Gasteiger partial charge in [0.05, 0.1) is 19.1 Å². The van der Waals surface area contributed by atoms with Crippen LogP contribution in [0.1, 0.15) is 30.1 Å². The lowest BCUT2D eigenvalue weighted by atomic mass is 9.97. The van der Waals surface area contributed by atoms with Crippen molar-refractivity contribution in [2.75, 3.05) is 45.7 Å². The van der Waals surface area contributed by atoms with Crippen LogP contribution in [-0.4, -0.2) is 67.9 Å². The molecule has 0 unspecified atom stereocenters. The minimum atomic E-state index is -0.162. The van der Waals surface area contributed by atoms with Crippen molar-refractivity contribution in [1.82, 2.24) is 9.80 Å². The number of carbonyl (C=O) groups excluding carboxylic acids is 3. The number of hydrogen-bond donors (Lipinski definition) is 1. The quantitative estimate of drug-likeness (QED) is 0.779. The fourth-order valence-corrected chi connectivity index (χ4v) is 2.90. The summed E-state index contributed by atoms with van der Waals surface area (Å²) in [5, 5.41) is 3.08. The minimum Gasteiger partial charge on any atom is -0.466 e. The maximum absolute atomic E-state index is 12.3. The van der Waals surface area contributed by atoms with Crippen molar-refractivity contribution >= 4 is 23.5 Å². The Labute approximate surface area is 154 Å². The number of rotatable bonds is 6. The largest absolute Gasteiger partial charge is 0.466 e. The summed E-state index contributed by atoms with van der Waals surface area (Å²) in [7, 11) is 3.41. The van der Waals surface area contributed by atoms with Gasteiger partial charge in [-0.1, -0.05) is 0 Å². The summed E-state index contributed by atoms with van der Waals surface area (Å²) in [6.07, 6.45) is 1.29. The van der Waals surface area contributed by atoms with Crippen molar-refractivity contribution in [2.45, 2.75) is 19.8 Å². The van der Waals surface area contributed by atoms with Crippen LogP contribution in [0.3, 0.4) is 0 Å². The first-order valence-electron chi connectivity index (χ1n) is 8.92. The average Bonchev–Trinajstić information content (AvgIpc) is 2.66. The zero-order valence-corrected chi connectivity index (χ0v) is 15.7. The Morgan fingerprint density at radius 3 is 2.31 bits per heavy atom. The molecular weight excluding hydrogens is 334 g/mol. The highest BCUT2D eigenvalue weighted by molar-refractivity contribution is 5.94. The number of amides is 2. The molecule has 0 saturated carbocycles. The van der Waals surface area contributed by atoms with Gasteiger partial charge in [-0.25, -0.2) is 0 Å². The van der Waals surface area contributed by atoms with Gasteiger partial charge in [0.2, 0.25) is 5.91 Å². The first-order chi connectivity index (χ1) is 12.4. The highest BCUT2D eigenvalue weighted by atomic mass is 16.5. The van der Waals surface area contributed by atoms with E-state index in [0.29, 0.717) is 38.1 Å². The predicted octanol–water partition coefficient (Wildman–Crippen LogP) is 1.60. The van der Waals surface area contributed by atoms with E-state index in [1.807, 2.05) is 0 Å². The number of likely N-dealkylation sites (tertiary alicyclic amines) is 1. The van der Waals surface area contributed by atoms with Gasteiger partial charge in [0.25, 0.3) is 5.91 Å². The van der Waals surface area contributed by atoms with Crippen molar-refractivity contribution in [3.05, 3.63) is 29.8 Å². The van der Waals surface area contributed by atoms with Gasteiger partial charge in [-0.3, -0.25) is 14.4 Å². The molecule has 0 aromatic heterocycles. The van der Waals surface area contributed by atoms with Gasteiger partial charge < -0.3 is 19.9 Å². The Kier molecular flexibility index (Phi) is 7.00. The molecule has 1 aliphatic rings. The second-order valence-corrected chi connectivity index (χ2v) is 6.54. The molecule has 1 fully saturated rings. The number of piperidine rings is 1. The molecule has 1 saturated heterocycles. The Morgan fingerprint density at radius 1 is 1.15 bits per heavy atom. The summed E-state index contributed by atoms with van der Waals surface area (Å²) >= 11 is 0. The topological polar surface area (TPSA) is 79.0 Å². The Balaban J connectivity index is 1.79. The van der Waals surface area contributed by atoms with E-state index in [4.69, 9.17) is 4.74 Å². The number of ether oxygens (including phenoxy) is 1. The summed E-state index contributed by atoms with van der Waals surface area (Å²) in [6, 6.07) is 7.05. The van der Waals surface area contributed by atoms with E-state index in [-0.39, 0.29) is 30.2 Å². The van der Waals surface area contributed by atoms with Crippen molar-refractivity contribution < 1.29 is 19.1 Å². The molecule has 1 N–H and O–H groups in total.